The molecule has 1 unspecified atom stereocenters. The van der Waals surface area contributed by atoms with E-state index in [1.165, 1.54) is 21.2 Å². The third-order valence-electron chi connectivity index (χ3n) is 5.72. The summed E-state index contributed by atoms with van der Waals surface area (Å²) in [6.45, 7) is 6.29. The highest BCUT2D eigenvalue weighted by Crippen LogP contribution is 2.26. The Hall–Kier alpha value is -1.74. The number of carbonyl (C=O) groups excluding carboxylic acids is 1. The minimum Gasteiger partial charge on any atom is -0.352 e. The van der Waals surface area contributed by atoms with Crippen molar-refractivity contribution in [2.45, 2.75) is 50.0 Å². The smallest absolute Gasteiger partial charge is 0.252 e. The van der Waals surface area contributed by atoms with Crippen molar-refractivity contribution in [2.24, 2.45) is 5.92 Å². The molecular weight excluding hydrogens is 418 g/mol. The van der Waals surface area contributed by atoms with Gasteiger partial charge in [0.2, 0.25) is 5.91 Å². The van der Waals surface area contributed by atoms with Crippen LogP contribution in [0.1, 0.15) is 37.8 Å². The van der Waals surface area contributed by atoms with Crippen LogP contribution in [0.5, 0.6) is 0 Å². The lowest BCUT2D eigenvalue weighted by Crippen LogP contribution is -2.45. The van der Waals surface area contributed by atoms with Crippen molar-refractivity contribution >= 4 is 27.3 Å². The third-order valence-corrected chi connectivity index (χ3v) is 8.96. The van der Waals surface area contributed by atoms with Crippen molar-refractivity contribution < 1.29 is 13.2 Å². The monoisotopic (exact) mass is 449 g/mol. The van der Waals surface area contributed by atoms with E-state index in [0.29, 0.717) is 36.2 Å². The number of benzene rings is 1. The molecule has 0 bridgehead atoms. The van der Waals surface area contributed by atoms with Crippen LogP contribution >= 0.6 is 11.3 Å². The molecule has 0 radical (unpaired) electrons. The summed E-state index contributed by atoms with van der Waals surface area (Å²) in [5.41, 5.74) is 2.29. The molecule has 6 nitrogen and oxygen atoms in total. The minimum absolute atomic E-state index is 0.0758. The molecular formula is C22H31N3O3S2. The topological polar surface area (TPSA) is 69.7 Å². The largest absolute Gasteiger partial charge is 0.352 e. The summed E-state index contributed by atoms with van der Waals surface area (Å²) in [4.78, 5) is 15.1. The van der Waals surface area contributed by atoms with Gasteiger partial charge in [0.15, 0.2) is 0 Å². The van der Waals surface area contributed by atoms with Crippen molar-refractivity contribution in [1.82, 2.24) is 14.5 Å². The van der Waals surface area contributed by atoms with Gasteiger partial charge in [0.05, 0.1) is 5.92 Å². The Morgan fingerprint density at radius 2 is 1.97 bits per heavy atom. The van der Waals surface area contributed by atoms with Gasteiger partial charge in [0.1, 0.15) is 4.21 Å². The lowest BCUT2D eigenvalue weighted by atomic mass is 9.98. The van der Waals surface area contributed by atoms with E-state index in [-0.39, 0.29) is 18.4 Å². The van der Waals surface area contributed by atoms with Gasteiger partial charge >= 0.3 is 0 Å². The maximum atomic E-state index is 12.8. The Morgan fingerprint density at radius 3 is 2.63 bits per heavy atom. The predicted octanol–water partition coefficient (Wildman–Crippen LogP) is 3.31. The molecule has 1 atom stereocenters. The van der Waals surface area contributed by atoms with Gasteiger partial charge in [-0.15, -0.1) is 11.3 Å². The summed E-state index contributed by atoms with van der Waals surface area (Å²) < 4.78 is 27.4. The molecule has 30 heavy (non-hydrogen) atoms. The zero-order chi connectivity index (χ0) is 21.7. The molecule has 0 aliphatic carbocycles. The quantitative estimate of drug-likeness (QED) is 0.671. The molecule has 1 aromatic carbocycles. The van der Waals surface area contributed by atoms with Crippen LogP contribution in [0.25, 0.3) is 0 Å². The standard InChI is InChI=1S/C22H31N3O3S2/c1-17(2)24(3)15-19-9-5-4-8-18(19)14-23-22(26)20-10-6-12-25(16-20)30(27,28)21-11-7-13-29-21/h4-5,7-9,11,13,17,20H,6,10,12,14-16H2,1-3H3,(H,23,26). The molecule has 1 N–H and O–H groups in total. The van der Waals surface area contributed by atoms with Gasteiger partial charge in [0, 0.05) is 32.2 Å². The van der Waals surface area contributed by atoms with E-state index in [0.717, 1.165) is 12.1 Å². The number of nitrogens with one attached hydrogen (secondary N) is 1. The van der Waals surface area contributed by atoms with Crippen LogP contribution in [0.3, 0.4) is 0 Å². The summed E-state index contributed by atoms with van der Waals surface area (Å²) in [5.74, 6) is -0.396. The number of sulfonamides is 1. The van der Waals surface area contributed by atoms with Gasteiger partial charge in [-0.2, -0.15) is 4.31 Å². The van der Waals surface area contributed by atoms with Crippen LogP contribution in [-0.4, -0.2) is 49.7 Å². The maximum absolute atomic E-state index is 12.8. The van der Waals surface area contributed by atoms with Crippen LogP contribution in [0, 0.1) is 5.92 Å². The van der Waals surface area contributed by atoms with Gasteiger partial charge in [-0.25, -0.2) is 8.42 Å². The van der Waals surface area contributed by atoms with E-state index in [9.17, 15) is 13.2 Å². The zero-order valence-corrected chi connectivity index (χ0v) is 19.5. The third kappa shape index (κ3) is 5.49. The Bertz CT molecular complexity index is 942. The van der Waals surface area contributed by atoms with E-state index in [2.05, 4.69) is 37.2 Å². The number of hydrogen-bond donors (Lipinski definition) is 1. The van der Waals surface area contributed by atoms with E-state index < -0.39 is 10.0 Å². The molecule has 0 spiro atoms. The average Bonchev–Trinajstić information content (AvgIpc) is 3.28. The second-order valence-electron chi connectivity index (χ2n) is 8.13. The SMILES string of the molecule is CC(C)N(C)Cc1ccccc1CNC(=O)C1CCCN(S(=O)(=O)c2cccs2)C1. The first-order valence-electron chi connectivity index (χ1n) is 10.4. The average molecular weight is 450 g/mol. The fourth-order valence-corrected chi connectivity index (χ4v) is 6.24. The van der Waals surface area contributed by atoms with Crippen molar-refractivity contribution in [1.29, 1.82) is 0 Å². The van der Waals surface area contributed by atoms with E-state index in [4.69, 9.17) is 0 Å². The van der Waals surface area contributed by atoms with Crippen LogP contribution in [-0.2, 0) is 27.9 Å². The first-order chi connectivity index (χ1) is 14.3. The first kappa shape index (κ1) is 22.9. The van der Waals surface area contributed by atoms with Crippen LogP contribution in [0.4, 0.5) is 0 Å². The van der Waals surface area contributed by atoms with Gasteiger partial charge in [0.25, 0.3) is 10.0 Å². The molecule has 2 heterocycles. The number of nitrogens with zero attached hydrogens (tertiary/aromatic N) is 2. The molecule has 0 saturated carbocycles. The van der Waals surface area contributed by atoms with Crippen molar-refractivity contribution in [3.05, 3.63) is 52.9 Å². The second-order valence-corrected chi connectivity index (χ2v) is 11.2. The lowest BCUT2D eigenvalue weighted by Gasteiger charge is -2.31. The molecule has 1 fully saturated rings. The maximum Gasteiger partial charge on any atom is 0.252 e. The first-order valence-corrected chi connectivity index (χ1v) is 12.7. The van der Waals surface area contributed by atoms with Gasteiger partial charge < -0.3 is 5.32 Å². The fraction of sp³-hybridized carbons (Fsp3) is 0.500. The number of amides is 1. The van der Waals surface area contributed by atoms with Crippen molar-refractivity contribution in [2.75, 3.05) is 20.1 Å². The fourth-order valence-electron chi connectivity index (χ4n) is 3.57. The van der Waals surface area contributed by atoms with Crippen molar-refractivity contribution in [3.8, 4) is 0 Å². The van der Waals surface area contributed by atoms with Gasteiger partial charge in [-0.3, -0.25) is 9.69 Å². The highest BCUT2D eigenvalue weighted by molar-refractivity contribution is 7.91. The molecule has 3 rings (SSSR count). The predicted molar refractivity (Wildman–Crippen MR) is 121 cm³/mol. The molecule has 1 saturated heterocycles. The minimum atomic E-state index is -3.51. The second kappa shape index (κ2) is 10.0. The molecule has 1 aromatic heterocycles. The summed E-state index contributed by atoms with van der Waals surface area (Å²) in [6.07, 6.45) is 1.40. The molecule has 2 aromatic rings. The van der Waals surface area contributed by atoms with Crippen molar-refractivity contribution in [3.63, 3.8) is 0 Å². The number of carbonyl (C=O) groups is 1. The Balaban J connectivity index is 1.62. The Labute approximate surface area is 183 Å². The summed E-state index contributed by atoms with van der Waals surface area (Å²) in [5, 5.41) is 4.80. The number of rotatable bonds is 8. The van der Waals surface area contributed by atoms with Gasteiger partial charge in [-0.1, -0.05) is 30.3 Å². The molecule has 1 amide bonds. The Kier molecular flexibility index (Phi) is 7.68. The van der Waals surface area contributed by atoms with Gasteiger partial charge in [-0.05, 0) is 56.3 Å². The number of thiophene rings is 1. The number of hydrogen-bond acceptors (Lipinski definition) is 5. The zero-order valence-electron chi connectivity index (χ0n) is 17.9. The highest BCUT2D eigenvalue weighted by Gasteiger charge is 2.33. The highest BCUT2D eigenvalue weighted by atomic mass is 32.2. The van der Waals surface area contributed by atoms with Crippen LogP contribution in [0.2, 0.25) is 0 Å². The molecule has 1 aliphatic rings. The van der Waals surface area contributed by atoms with E-state index in [1.54, 1.807) is 17.5 Å². The molecule has 1 aliphatic heterocycles. The molecule has 164 valence electrons. The lowest BCUT2D eigenvalue weighted by molar-refractivity contribution is -0.126. The summed E-state index contributed by atoms with van der Waals surface area (Å²) in [6, 6.07) is 11.9. The Morgan fingerprint density at radius 1 is 1.23 bits per heavy atom. The molecule has 8 heteroatoms. The summed E-state index contributed by atoms with van der Waals surface area (Å²) in [7, 11) is -1.43. The van der Waals surface area contributed by atoms with Crippen LogP contribution < -0.4 is 5.32 Å². The van der Waals surface area contributed by atoms with E-state index >= 15 is 0 Å². The normalized spacial score (nSPS) is 18.1. The number of piperidine rings is 1. The van der Waals surface area contributed by atoms with Crippen LogP contribution in [0.15, 0.2) is 46.0 Å². The van der Waals surface area contributed by atoms with E-state index in [1.807, 2.05) is 18.2 Å². The summed E-state index contributed by atoms with van der Waals surface area (Å²) >= 11 is 1.21.